The lowest BCUT2D eigenvalue weighted by Gasteiger charge is -2.28. The molecule has 2 unspecified atom stereocenters. The van der Waals surface area contributed by atoms with E-state index in [1.807, 2.05) is 25.1 Å². The third-order valence-corrected chi connectivity index (χ3v) is 4.00. The number of halogens is 2. The lowest BCUT2D eigenvalue weighted by Crippen LogP contribution is -2.39. The third kappa shape index (κ3) is 4.10. The fraction of sp³-hybridized carbons (Fsp3) is 0.316. The highest BCUT2D eigenvalue weighted by Gasteiger charge is 2.24. The molecule has 0 aliphatic rings. The molecular weight excluding hydrogens is 312 g/mol. The number of benzene rings is 2. The summed E-state index contributed by atoms with van der Waals surface area (Å²) in [5, 5.41) is 0. The van der Waals surface area contributed by atoms with Gasteiger partial charge in [0.05, 0.1) is 6.04 Å². The zero-order valence-electron chi connectivity index (χ0n) is 14.2. The summed E-state index contributed by atoms with van der Waals surface area (Å²) in [7, 11) is 1.62. The van der Waals surface area contributed by atoms with E-state index in [9.17, 15) is 13.6 Å². The van der Waals surface area contributed by atoms with E-state index in [1.54, 1.807) is 27.0 Å². The Morgan fingerprint density at radius 2 is 1.79 bits per heavy atom. The molecule has 0 saturated carbocycles. The van der Waals surface area contributed by atoms with Crippen LogP contribution in [0, 0.1) is 18.6 Å². The highest BCUT2D eigenvalue weighted by atomic mass is 19.2. The quantitative estimate of drug-likeness (QED) is 0.818. The van der Waals surface area contributed by atoms with Crippen molar-refractivity contribution >= 4 is 5.91 Å². The van der Waals surface area contributed by atoms with Crippen LogP contribution in [0.3, 0.4) is 0 Å². The number of rotatable bonds is 5. The molecule has 0 N–H and O–H groups in total. The van der Waals surface area contributed by atoms with Crippen LogP contribution < -0.4 is 4.74 Å². The average Bonchev–Trinajstić information content (AvgIpc) is 2.55. The number of ether oxygens (including phenoxy) is 1. The molecule has 5 heteroatoms. The van der Waals surface area contributed by atoms with E-state index in [2.05, 4.69) is 0 Å². The maximum Gasteiger partial charge on any atom is 0.263 e. The van der Waals surface area contributed by atoms with Crippen molar-refractivity contribution in [3.8, 4) is 5.75 Å². The van der Waals surface area contributed by atoms with E-state index >= 15 is 0 Å². The molecule has 0 aliphatic heterocycles. The Bertz CT molecular complexity index is 733. The molecule has 0 spiro atoms. The van der Waals surface area contributed by atoms with Crippen molar-refractivity contribution in [2.75, 3.05) is 7.05 Å². The third-order valence-electron chi connectivity index (χ3n) is 4.00. The molecule has 24 heavy (non-hydrogen) atoms. The maximum absolute atomic E-state index is 13.4. The molecule has 128 valence electrons. The minimum absolute atomic E-state index is 0.242. The Hall–Kier alpha value is -2.43. The molecule has 0 aromatic heterocycles. The van der Waals surface area contributed by atoms with Gasteiger partial charge in [-0.3, -0.25) is 4.79 Å². The number of amides is 1. The van der Waals surface area contributed by atoms with Gasteiger partial charge in [0.1, 0.15) is 5.75 Å². The Morgan fingerprint density at radius 3 is 2.42 bits per heavy atom. The Morgan fingerprint density at radius 1 is 1.08 bits per heavy atom. The van der Waals surface area contributed by atoms with Gasteiger partial charge >= 0.3 is 0 Å². The zero-order chi connectivity index (χ0) is 17.9. The second-order valence-electron chi connectivity index (χ2n) is 5.88. The minimum atomic E-state index is -0.927. The number of nitrogens with zero attached hydrogens (tertiary/aromatic N) is 1. The summed E-state index contributed by atoms with van der Waals surface area (Å²) in [6.07, 6.45) is -0.690. The van der Waals surface area contributed by atoms with Gasteiger partial charge in [-0.05, 0) is 56.2 Å². The summed E-state index contributed by atoms with van der Waals surface area (Å²) >= 11 is 0. The van der Waals surface area contributed by atoms with Crippen LogP contribution in [0.5, 0.6) is 5.75 Å². The van der Waals surface area contributed by atoms with E-state index in [0.29, 0.717) is 11.3 Å². The van der Waals surface area contributed by atoms with Crippen molar-refractivity contribution in [1.29, 1.82) is 0 Å². The van der Waals surface area contributed by atoms with Crippen LogP contribution in [0.4, 0.5) is 8.78 Å². The summed E-state index contributed by atoms with van der Waals surface area (Å²) in [5.41, 5.74) is 1.56. The first-order chi connectivity index (χ1) is 11.3. The van der Waals surface area contributed by atoms with Crippen LogP contribution in [-0.4, -0.2) is 24.0 Å². The van der Waals surface area contributed by atoms with Gasteiger partial charge in [-0.1, -0.05) is 18.2 Å². The van der Waals surface area contributed by atoms with Crippen LogP contribution in [0.1, 0.15) is 31.0 Å². The standard InChI is InChI=1S/C19H21F2NO2/c1-12-6-5-7-16(10-12)24-14(3)19(23)22(4)13(2)15-8-9-17(20)18(21)11-15/h5-11,13-14H,1-4H3. The highest BCUT2D eigenvalue weighted by molar-refractivity contribution is 5.81. The maximum atomic E-state index is 13.4. The minimum Gasteiger partial charge on any atom is -0.481 e. The normalized spacial score (nSPS) is 13.2. The molecule has 0 saturated heterocycles. The molecule has 2 aromatic carbocycles. The number of hydrogen-bond acceptors (Lipinski definition) is 2. The first-order valence-corrected chi connectivity index (χ1v) is 7.74. The largest absolute Gasteiger partial charge is 0.481 e. The number of likely N-dealkylation sites (N-methyl/N-ethyl adjacent to an activating group) is 1. The average molecular weight is 333 g/mol. The molecule has 2 atom stereocenters. The zero-order valence-corrected chi connectivity index (χ0v) is 14.2. The smallest absolute Gasteiger partial charge is 0.263 e. The Balaban J connectivity index is 2.08. The molecule has 0 fully saturated rings. The van der Waals surface area contributed by atoms with Crippen molar-refractivity contribution in [2.45, 2.75) is 32.9 Å². The molecule has 2 aromatic rings. The van der Waals surface area contributed by atoms with Crippen LogP contribution in [-0.2, 0) is 4.79 Å². The van der Waals surface area contributed by atoms with Crippen molar-refractivity contribution in [1.82, 2.24) is 4.90 Å². The molecule has 0 heterocycles. The predicted molar refractivity (Wildman–Crippen MR) is 88.8 cm³/mol. The molecule has 0 bridgehead atoms. The van der Waals surface area contributed by atoms with E-state index < -0.39 is 23.8 Å². The van der Waals surface area contributed by atoms with Gasteiger partial charge in [0.25, 0.3) is 5.91 Å². The van der Waals surface area contributed by atoms with E-state index in [-0.39, 0.29) is 5.91 Å². The molecular formula is C19H21F2NO2. The molecule has 3 nitrogen and oxygen atoms in total. The van der Waals surface area contributed by atoms with Gasteiger partial charge in [0, 0.05) is 7.05 Å². The Kier molecular flexibility index (Phi) is 5.54. The van der Waals surface area contributed by atoms with Crippen molar-refractivity contribution in [3.63, 3.8) is 0 Å². The van der Waals surface area contributed by atoms with Gasteiger partial charge in [-0.15, -0.1) is 0 Å². The first-order valence-electron chi connectivity index (χ1n) is 7.74. The van der Waals surface area contributed by atoms with Crippen LogP contribution in [0.25, 0.3) is 0 Å². The van der Waals surface area contributed by atoms with Crippen molar-refractivity contribution in [2.24, 2.45) is 0 Å². The summed E-state index contributed by atoms with van der Waals surface area (Å²) < 4.78 is 32.1. The van der Waals surface area contributed by atoms with Gasteiger partial charge < -0.3 is 9.64 Å². The molecule has 2 rings (SSSR count). The van der Waals surface area contributed by atoms with Gasteiger partial charge in [-0.25, -0.2) is 8.78 Å². The summed E-state index contributed by atoms with van der Waals surface area (Å²) in [6, 6.07) is 10.7. The lowest BCUT2D eigenvalue weighted by atomic mass is 10.1. The Labute approximate surface area is 140 Å². The van der Waals surface area contributed by atoms with Crippen LogP contribution in [0.2, 0.25) is 0 Å². The van der Waals surface area contributed by atoms with Crippen LogP contribution in [0.15, 0.2) is 42.5 Å². The van der Waals surface area contributed by atoms with Crippen molar-refractivity contribution < 1.29 is 18.3 Å². The van der Waals surface area contributed by atoms with Crippen molar-refractivity contribution in [3.05, 3.63) is 65.2 Å². The number of hydrogen-bond donors (Lipinski definition) is 0. The van der Waals surface area contributed by atoms with Gasteiger partial charge in [-0.2, -0.15) is 0 Å². The topological polar surface area (TPSA) is 29.5 Å². The van der Waals surface area contributed by atoms with Gasteiger partial charge in [0.2, 0.25) is 0 Å². The molecule has 0 radical (unpaired) electrons. The SMILES string of the molecule is Cc1cccc(OC(C)C(=O)N(C)C(C)c2ccc(F)c(F)c2)c1. The van der Waals surface area contributed by atoms with Gasteiger partial charge in [0.15, 0.2) is 17.7 Å². The second-order valence-corrected chi connectivity index (χ2v) is 5.88. The fourth-order valence-corrected chi connectivity index (χ4v) is 2.42. The molecule has 1 amide bonds. The predicted octanol–water partition coefficient (Wildman–Crippen LogP) is 4.26. The van der Waals surface area contributed by atoms with E-state index in [1.165, 1.54) is 11.0 Å². The highest BCUT2D eigenvalue weighted by Crippen LogP contribution is 2.22. The lowest BCUT2D eigenvalue weighted by molar-refractivity contribution is -0.138. The first kappa shape index (κ1) is 17.9. The summed E-state index contributed by atoms with van der Waals surface area (Å²) in [4.78, 5) is 14.0. The fourth-order valence-electron chi connectivity index (χ4n) is 2.42. The number of carbonyl (C=O) groups is 1. The summed E-state index contributed by atoms with van der Waals surface area (Å²) in [5.74, 6) is -1.46. The monoisotopic (exact) mass is 333 g/mol. The van der Waals surface area contributed by atoms with E-state index in [4.69, 9.17) is 4.74 Å². The number of carbonyl (C=O) groups excluding carboxylic acids is 1. The second kappa shape index (κ2) is 7.43. The molecule has 0 aliphatic carbocycles. The number of aryl methyl sites for hydroxylation is 1. The van der Waals surface area contributed by atoms with Crippen LogP contribution >= 0.6 is 0 Å². The summed E-state index contributed by atoms with van der Waals surface area (Å²) in [6.45, 7) is 5.36. The van der Waals surface area contributed by atoms with E-state index in [0.717, 1.165) is 17.7 Å².